The van der Waals surface area contributed by atoms with Gasteiger partial charge in [0.25, 0.3) is 0 Å². The first-order valence-corrected chi connectivity index (χ1v) is 14.5. The molecule has 1 fully saturated rings. The van der Waals surface area contributed by atoms with E-state index in [0.717, 1.165) is 34.8 Å². The summed E-state index contributed by atoms with van der Waals surface area (Å²) in [6.07, 6.45) is 1.08. The van der Waals surface area contributed by atoms with Gasteiger partial charge in [-0.25, -0.2) is 8.42 Å². The molecule has 0 radical (unpaired) electrons. The number of halogens is 1. The highest BCUT2D eigenvalue weighted by Gasteiger charge is 2.30. The van der Waals surface area contributed by atoms with Gasteiger partial charge in [0.2, 0.25) is 21.8 Å². The molecular weight excluding hydrogens is 516 g/mol. The fourth-order valence-electron chi connectivity index (χ4n) is 4.00. The van der Waals surface area contributed by atoms with Crippen LogP contribution < -0.4 is 5.32 Å². The van der Waals surface area contributed by atoms with Crippen LogP contribution in [-0.2, 0) is 37.4 Å². The minimum Gasteiger partial charge on any atom is -0.379 e. The minimum absolute atomic E-state index is 0.0559. The van der Waals surface area contributed by atoms with Gasteiger partial charge in [-0.3, -0.25) is 14.5 Å². The highest BCUT2D eigenvalue weighted by molar-refractivity contribution is 7.88. The Labute approximate surface area is 224 Å². The molecular formula is C26H35ClN4O5S. The van der Waals surface area contributed by atoms with Gasteiger partial charge in [0.1, 0.15) is 6.04 Å². The van der Waals surface area contributed by atoms with Crippen LogP contribution in [0.2, 0.25) is 5.02 Å². The lowest BCUT2D eigenvalue weighted by atomic mass is 10.1. The highest BCUT2D eigenvalue weighted by atomic mass is 35.5. The number of amides is 2. The third-order valence-corrected chi connectivity index (χ3v) is 7.70. The van der Waals surface area contributed by atoms with Crippen LogP contribution in [0.15, 0.2) is 54.6 Å². The van der Waals surface area contributed by atoms with Crippen LogP contribution in [-0.4, -0.2) is 92.6 Å². The molecule has 1 aliphatic rings. The Morgan fingerprint density at radius 3 is 2.27 bits per heavy atom. The molecule has 2 amide bonds. The zero-order valence-corrected chi connectivity index (χ0v) is 22.9. The average molecular weight is 551 g/mol. The van der Waals surface area contributed by atoms with Gasteiger partial charge in [-0.1, -0.05) is 54.1 Å². The Morgan fingerprint density at radius 2 is 1.65 bits per heavy atom. The molecule has 0 aromatic heterocycles. The Morgan fingerprint density at radius 1 is 1.03 bits per heavy atom. The smallest absolute Gasteiger partial charge is 0.242 e. The number of ether oxygens (including phenoxy) is 1. The fourth-order valence-corrected chi connectivity index (χ4v) is 4.85. The van der Waals surface area contributed by atoms with E-state index in [9.17, 15) is 18.0 Å². The summed E-state index contributed by atoms with van der Waals surface area (Å²) >= 11 is 6.01. The standard InChI is InChI=1S/C26H35ClN4O5S/c1-21(26(33)28-12-13-29-14-16-36-17-15-29)31(19-23-8-10-24(27)11-9-23)25(32)20-30(37(2,34)35)18-22-6-4-3-5-7-22/h3-11,21H,12-20H2,1-2H3,(H,28,33). The average Bonchev–Trinajstić information content (AvgIpc) is 2.88. The van der Waals surface area contributed by atoms with Crippen LogP contribution in [0.25, 0.3) is 0 Å². The lowest BCUT2D eigenvalue weighted by Crippen LogP contribution is -2.52. The number of nitrogens with zero attached hydrogens (tertiary/aromatic N) is 3. The highest BCUT2D eigenvalue weighted by Crippen LogP contribution is 2.16. The Balaban J connectivity index is 1.72. The van der Waals surface area contributed by atoms with Gasteiger partial charge < -0.3 is 15.0 Å². The third-order valence-electron chi connectivity index (χ3n) is 6.25. The summed E-state index contributed by atoms with van der Waals surface area (Å²) in [5.41, 5.74) is 1.54. The largest absolute Gasteiger partial charge is 0.379 e. The van der Waals surface area contributed by atoms with Crippen LogP contribution in [0.1, 0.15) is 18.1 Å². The van der Waals surface area contributed by atoms with Crippen LogP contribution in [0.5, 0.6) is 0 Å². The van der Waals surface area contributed by atoms with Gasteiger partial charge in [0, 0.05) is 44.3 Å². The van der Waals surface area contributed by atoms with E-state index in [2.05, 4.69) is 10.2 Å². The molecule has 1 unspecified atom stereocenters. The predicted molar refractivity (Wildman–Crippen MR) is 143 cm³/mol. The summed E-state index contributed by atoms with van der Waals surface area (Å²) in [7, 11) is -3.69. The van der Waals surface area contributed by atoms with E-state index in [0.29, 0.717) is 31.3 Å². The molecule has 0 spiro atoms. The van der Waals surface area contributed by atoms with Crippen molar-refractivity contribution in [3.8, 4) is 0 Å². The molecule has 0 aliphatic carbocycles. The van der Waals surface area contributed by atoms with Crippen molar-refractivity contribution < 1.29 is 22.7 Å². The minimum atomic E-state index is -3.69. The number of carbonyl (C=O) groups excluding carboxylic acids is 2. The number of carbonyl (C=O) groups is 2. The molecule has 1 aliphatic heterocycles. The van der Waals surface area contributed by atoms with Crippen LogP contribution in [0.4, 0.5) is 0 Å². The van der Waals surface area contributed by atoms with Crippen molar-refractivity contribution in [2.45, 2.75) is 26.1 Å². The molecule has 0 bridgehead atoms. The van der Waals surface area contributed by atoms with Gasteiger partial charge in [0.05, 0.1) is 26.0 Å². The van der Waals surface area contributed by atoms with E-state index in [1.54, 1.807) is 43.3 Å². The zero-order valence-electron chi connectivity index (χ0n) is 21.3. The van der Waals surface area contributed by atoms with Crippen molar-refractivity contribution in [2.24, 2.45) is 0 Å². The van der Waals surface area contributed by atoms with E-state index in [1.807, 2.05) is 18.2 Å². The second-order valence-corrected chi connectivity index (χ2v) is 11.5. The molecule has 1 saturated heterocycles. The maximum absolute atomic E-state index is 13.5. The van der Waals surface area contributed by atoms with E-state index in [1.165, 1.54) is 4.90 Å². The molecule has 1 heterocycles. The van der Waals surface area contributed by atoms with Gasteiger partial charge in [-0.15, -0.1) is 0 Å². The van der Waals surface area contributed by atoms with Crippen LogP contribution in [0, 0.1) is 0 Å². The summed E-state index contributed by atoms with van der Waals surface area (Å²) in [4.78, 5) is 30.2. The van der Waals surface area contributed by atoms with Gasteiger partial charge in [0.15, 0.2) is 0 Å². The second kappa shape index (κ2) is 13.9. The first kappa shape index (κ1) is 29.1. The molecule has 2 aromatic carbocycles. The van der Waals surface area contributed by atoms with Crippen molar-refractivity contribution >= 4 is 33.4 Å². The molecule has 1 atom stereocenters. The molecule has 37 heavy (non-hydrogen) atoms. The lowest BCUT2D eigenvalue weighted by Gasteiger charge is -2.31. The summed E-state index contributed by atoms with van der Waals surface area (Å²) in [5, 5.41) is 3.47. The molecule has 3 rings (SSSR count). The van der Waals surface area contributed by atoms with Gasteiger partial charge in [-0.2, -0.15) is 4.31 Å². The number of sulfonamides is 1. The maximum atomic E-state index is 13.5. The number of morpholine rings is 1. The number of hydrogen-bond acceptors (Lipinski definition) is 6. The Kier molecular flexibility index (Phi) is 10.9. The summed E-state index contributed by atoms with van der Waals surface area (Å²) in [6.45, 7) is 5.57. The number of hydrogen-bond donors (Lipinski definition) is 1. The van der Waals surface area contributed by atoms with E-state index in [4.69, 9.17) is 16.3 Å². The fraction of sp³-hybridized carbons (Fsp3) is 0.462. The zero-order chi connectivity index (χ0) is 26.8. The van der Waals surface area contributed by atoms with E-state index >= 15 is 0 Å². The first-order chi connectivity index (χ1) is 17.6. The summed E-state index contributed by atoms with van der Waals surface area (Å²) < 4.78 is 31.5. The topological polar surface area (TPSA) is 99.3 Å². The van der Waals surface area contributed by atoms with E-state index in [-0.39, 0.29) is 25.5 Å². The number of rotatable bonds is 12. The molecule has 9 nitrogen and oxygen atoms in total. The van der Waals surface area contributed by atoms with Crippen molar-refractivity contribution in [2.75, 3.05) is 52.2 Å². The van der Waals surface area contributed by atoms with E-state index < -0.39 is 22.0 Å². The normalized spacial score (nSPS) is 15.4. The predicted octanol–water partition coefficient (Wildman–Crippen LogP) is 1.97. The van der Waals surface area contributed by atoms with Crippen molar-refractivity contribution in [1.82, 2.24) is 19.4 Å². The quantitative estimate of drug-likeness (QED) is 0.434. The SMILES string of the molecule is CC(C(=O)NCCN1CCOCC1)N(Cc1ccc(Cl)cc1)C(=O)CN(Cc1ccccc1)S(C)(=O)=O. The van der Waals surface area contributed by atoms with Crippen LogP contribution >= 0.6 is 11.6 Å². The summed E-state index contributed by atoms with van der Waals surface area (Å²) in [6, 6.07) is 15.3. The monoisotopic (exact) mass is 550 g/mol. The molecule has 202 valence electrons. The summed E-state index contributed by atoms with van der Waals surface area (Å²) in [5.74, 6) is -0.767. The molecule has 11 heteroatoms. The Hall–Kier alpha value is -2.50. The van der Waals surface area contributed by atoms with Gasteiger partial charge in [-0.05, 0) is 30.2 Å². The van der Waals surface area contributed by atoms with Crippen LogP contribution in [0.3, 0.4) is 0 Å². The number of benzene rings is 2. The first-order valence-electron chi connectivity index (χ1n) is 12.2. The molecule has 1 N–H and O–H groups in total. The maximum Gasteiger partial charge on any atom is 0.242 e. The molecule has 0 saturated carbocycles. The molecule has 2 aromatic rings. The Bertz CT molecular complexity index is 1130. The van der Waals surface area contributed by atoms with Gasteiger partial charge >= 0.3 is 0 Å². The number of nitrogens with one attached hydrogen (secondary N) is 1. The second-order valence-electron chi connectivity index (χ2n) is 9.09. The third kappa shape index (κ3) is 9.39. The van der Waals surface area contributed by atoms with Crippen molar-refractivity contribution in [3.05, 3.63) is 70.7 Å². The van der Waals surface area contributed by atoms with Crippen molar-refractivity contribution in [1.29, 1.82) is 0 Å². The lowest BCUT2D eigenvalue weighted by molar-refractivity contribution is -0.140. The van der Waals surface area contributed by atoms with Crippen molar-refractivity contribution in [3.63, 3.8) is 0 Å².